The average molecular weight is 390 g/mol. The van der Waals surface area contributed by atoms with Crippen LogP contribution in [-0.4, -0.2) is 29.0 Å². The smallest absolute Gasteiger partial charge is 0.243 e. The summed E-state index contributed by atoms with van der Waals surface area (Å²) in [7, 11) is 0. The molecule has 3 rings (SSSR count). The van der Waals surface area contributed by atoms with Crippen LogP contribution in [0.4, 0.5) is 0 Å². The predicted molar refractivity (Wildman–Crippen MR) is 106 cm³/mol. The van der Waals surface area contributed by atoms with Gasteiger partial charge in [-0.3, -0.25) is 14.4 Å². The van der Waals surface area contributed by atoms with E-state index in [4.69, 9.17) is 18.4 Å². The lowest BCUT2D eigenvalue weighted by Crippen LogP contribution is -2.64. The number of nitrogens with two attached hydrogens (primary N) is 1. The summed E-state index contributed by atoms with van der Waals surface area (Å²) in [4.78, 5) is 37.1. The number of hydrogen-bond acceptors (Lipinski definition) is 4. The molecule has 0 radical (unpaired) electrons. The van der Waals surface area contributed by atoms with Crippen molar-refractivity contribution in [2.24, 2.45) is 11.7 Å². The molecule has 2 fully saturated rings. The molecular formula is C20H27N3O3S. The molecule has 0 aromatic heterocycles. The SMILES string of the molecule is Cc1ccc([C@]2(NC(=O)[C@@H]3CCCC(=O)N3)C(S)CCCC2C(N)=O)cc1. The number of carbonyl (C=O) groups excluding carboxylic acids is 3. The zero-order chi connectivity index (χ0) is 19.6. The molecule has 4 N–H and O–H groups in total. The molecule has 4 atom stereocenters. The first-order chi connectivity index (χ1) is 12.8. The van der Waals surface area contributed by atoms with Crippen molar-refractivity contribution in [3.05, 3.63) is 35.4 Å². The molecule has 1 saturated heterocycles. The number of rotatable bonds is 4. The van der Waals surface area contributed by atoms with E-state index in [0.717, 1.165) is 24.0 Å². The van der Waals surface area contributed by atoms with Gasteiger partial charge in [-0.25, -0.2) is 0 Å². The Morgan fingerprint density at radius 2 is 1.89 bits per heavy atom. The van der Waals surface area contributed by atoms with Gasteiger partial charge < -0.3 is 16.4 Å². The zero-order valence-electron chi connectivity index (χ0n) is 15.5. The molecule has 3 amide bonds. The van der Waals surface area contributed by atoms with E-state index in [1.165, 1.54) is 0 Å². The summed E-state index contributed by atoms with van der Waals surface area (Å²) in [6, 6.07) is 7.18. The number of benzene rings is 1. The molecule has 2 unspecified atom stereocenters. The maximum atomic E-state index is 13.1. The van der Waals surface area contributed by atoms with Crippen LogP contribution in [0.5, 0.6) is 0 Å². The molecule has 6 nitrogen and oxygen atoms in total. The van der Waals surface area contributed by atoms with Gasteiger partial charge in [0.25, 0.3) is 0 Å². The molecule has 146 valence electrons. The molecule has 1 aromatic carbocycles. The van der Waals surface area contributed by atoms with E-state index in [2.05, 4.69) is 10.6 Å². The minimum absolute atomic E-state index is 0.122. The van der Waals surface area contributed by atoms with Gasteiger partial charge in [0.15, 0.2) is 0 Å². The molecule has 1 saturated carbocycles. The monoisotopic (exact) mass is 389 g/mol. The van der Waals surface area contributed by atoms with E-state index in [9.17, 15) is 14.4 Å². The summed E-state index contributed by atoms with van der Waals surface area (Å²) in [5, 5.41) is 5.60. The predicted octanol–water partition coefficient (Wildman–Crippen LogP) is 1.56. The molecule has 0 spiro atoms. The van der Waals surface area contributed by atoms with Crippen LogP contribution in [0.3, 0.4) is 0 Å². The molecule has 1 aliphatic heterocycles. The van der Waals surface area contributed by atoms with Gasteiger partial charge >= 0.3 is 0 Å². The van der Waals surface area contributed by atoms with Gasteiger partial charge in [0, 0.05) is 11.7 Å². The second-order valence-electron chi connectivity index (χ2n) is 7.64. The third kappa shape index (κ3) is 3.83. The Hall–Kier alpha value is -2.02. The maximum Gasteiger partial charge on any atom is 0.243 e. The van der Waals surface area contributed by atoms with E-state index in [1.807, 2.05) is 31.2 Å². The van der Waals surface area contributed by atoms with Gasteiger partial charge in [-0.15, -0.1) is 0 Å². The van der Waals surface area contributed by atoms with Crippen LogP contribution in [0.15, 0.2) is 24.3 Å². The van der Waals surface area contributed by atoms with Crippen molar-refractivity contribution in [2.75, 3.05) is 0 Å². The normalized spacial score (nSPS) is 31.0. The van der Waals surface area contributed by atoms with E-state index in [1.54, 1.807) is 0 Å². The van der Waals surface area contributed by atoms with E-state index >= 15 is 0 Å². The highest BCUT2D eigenvalue weighted by molar-refractivity contribution is 7.81. The van der Waals surface area contributed by atoms with Crippen LogP contribution in [0, 0.1) is 12.8 Å². The third-order valence-electron chi connectivity index (χ3n) is 5.80. The summed E-state index contributed by atoms with van der Waals surface area (Å²) in [5.74, 6) is -1.40. The number of nitrogens with one attached hydrogen (secondary N) is 2. The zero-order valence-corrected chi connectivity index (χ0v) is 16.4. The van der Waals surface area contributed by atoms with Crippen molar-refractivity contribution in [1.29, 1.82) is 0 Å². The third-order valence-corrected chi connectivity index (χ3v) is 6.46. The molecule has 1 aromatic rings. The second kappa shape index (κ2) is 7.92. The number of primary amides is 1. The summed E-state index contributed by atoms with van der Waals surface area (Å²) in [5.41, 5.74) is 6.68. The Morgan fingerprint density at radius 1 is 1.19 bits per heavy atom. The van der Waals surface area contributed by atoms with Crippen LogP contribution >= 0.6 is 12.6 Å². The molecule has 1 heterocycles. The first-order valence-corrected chi connectivity index (χ1v) is 10.0. The van der Waals surface area contributed by atoms with Crippen molar-refractivity contribution >= 4 is 30.4 Å². The fourth-order valence-corrected chi connectivity index (χ4v) is 4.90. The lowest BCUT2D eigenvalue weighted by molar-refractivity contribution is -0.135. The van der Waals surface area contributed by atoms with Gasteiger partial charge in [0.2, 0.25) is 17.7 Å². The van der Waals surface area contributed by atoms with Crippen molar-refractivity contribution < 1.29 is 14.4 Å². The largest absolute Gasteiger partial charge is 0.369 e. The number of hydrogen-bond donors (Lipinski definition) is 4. The Morgan fingerprint density at radius 3 is 2.52 bits per heavy atom. The minimum atomic E-state index is -0.986. The van der Waals surface area contributed by atoms with Crippen LogP contribution in [0.25, 0.3) is 0 Å². The highest BCUT2D eigenvalue weighted by Crippen LogP contribution is 2.44. The number of thiol groups is 1. The Balaban J connectivity index is 2.01. The second-order valence-corrected chi connectivity index (χ2v) is 8.26. The average Bonchev–Trinajstić information content (AvgIpc) is 2.63. The summed E-state index contributed by atoms with van der Waals surface area (Å²) < 4.78 is 0. The van der Waals surface area contributed by atoms with Crippen molar-refractivity contribution in [3.8, 4) is 0 Å². The standard InChI is InChI=1S/C20H27N3O3S/c1-12-8-10-13(11-9-12)20(14(18(21)25)4-2-6-16(20)27)23-19(26)15-5-3-7-17(24)22-15/h8-11,14-16,27H,2-7H2,1H3,(H2,21,25)(H,22,24)(H,23,26)/t14?,15-,16?,20+/m0/s1. The van der Waals surface area contributed by atoms with Gasteiger partial charge in [-0.2, -0.15) is 12.6 Å². The van der Waals surface area contributed by atoms with Crippen LogP contribution in [0.2, 0.25) is 0 Å². The number of carbonyl (C=O) groups is 3. The highest BCUT2D eigenvalue weighted by Gasteiger charge is 2.52. The first-order valence-electron chi connectivity index (χ1n) is 9.50. The summed E-state index contributed by atoms with van der Waals surface area (Å²) in [6.07, 6.45) is 3.87. The highest BCUT2D eigenvalue weighted by atomic mass is 32.1. The maximum absolute atomic E-state index is 13.1. The van der Waals surface area contributed by atoms with Gasteiger partial charge in [-0.1, -0.05) is 36.2 Å². The van der Waals surface area contributed by atoms with Gasteiger partial charge in [0.05, 0.1) is 11.5 Å². The molecule has 0 bridgehead atoms. The topological polar surface area (TPSA) is 101 Å². The van der Waals surface area contributed by atoms with Gasteiger partial charge in [0.1, 0.15) is 6.04 Å². The number of amides is 3. The van der Waals surface area contributed by atoms with E-state index in [0.29, 0.717) is 25.7 Å². The van der Waals surface area contributed by atoms with E-state index in [-0.39, 0.29) is 17.1 Å². The molecule has 27 heavy (non-hydrogen) atoms. The van der Waals surface area contributed by atoms with Crippen molar-refractivity contribution in [2.45, 2.75) is 62.3 Å². The number of aryl methyl sites for hydroxylation is 1. The molecular weight excluding hydrogens is 362 g/mol. The quantitative estimate of drug-likeness (QED) is 0.588. The van der Waals surface area contributed by atoms with Gasteiger partial charge in [-0.05, 0) is 38.2 Å². The lowest BCUT2D eigenvalue weighted by atomic mass is 9.67. The Labute approximate surface area is 165 Å². The Bertz CT molecular complexity index is 736. The minimum Gasteiger partial charge on any atom is -0.369 e. The fourth-order valence-electron chi connectivity index (χ4n) is 4.33. The molecule has 2 aliphatic rings. The first kappa shape index (κ1) is 19.7. The Kier molecular flexibility index (Phi) is 5.79. The molecule has 1 aliphatic carbocycles. The lowest BCUT2D eigenvalue weighted by Gasteiger charge is -2.48. The fraction of sp³-hybridized carbons (Fsp3) is 0.550. The molecule has 7 heteroatoms. The summed E-state index contributed by atoms with van der Waals surface area (Å²) in [6.45, 7) is 1.98. The van der Waals surface area contributed by atoms with Crippen LogP contribution in [-0.2, 0) is 19.9 Å². The van der Waals surface area contributed by atoms with Crippen molar-refractivity contribution in [1.82, 2.24) is 10.6 Å². The van der Waals surface area contributed by atoms with Crippen LogP contribution < -0.4 is 16.4 Å². The summed E-state index contributed by atoms with van der Waals surface area (Å²) >= 11 is 4.78. The number of piperidine rings is 1. The van der Waals surface area contributed by atoms with E-state index < -0.39 is 23.4 Å². The van der Waals surface area contributed by atoms with Crippen LogP contribution in [0.1, 0.15) is 49.7 Å². The van der Waals surface area contributed by atoms with Crippen molar-refractivity contribution in [3.63, 3.8) is 0 Å².